The van der Waals surface area contributed by atoms with E-state index in [2.05, 4.69) is 21.2 Å². The molecule has 128 valence electrons. The van der Waals surface area contributed by atoms with Gasteiger partial charge >= 0.3 is 0 Å². The summed E-state index contributed by atoms with van der Waals surface area (Å²) in [6.07, 6.45) is 1.07. The molecule has 0 aliphatic carbocycles. The number of rotatable bonds is 8. The van der Waals surface area contributed by atoms with E-state index in [0.29, 0.717) is 26.1 Å². The lowest BCUT2D eigenvalue weighted by molar-refractivity contribution is -0.116. The summed E-state index contributed by atoms with van der Waals surface area (Å²) in [7, 11) is 0. The van der Waals surface area contributed by atoms with Crippen molar-refractivity contribution >= 4 is 27.5 Å². The van der Waals surface area contributed by atoms with E-state index in [1.54, 1.807) is 0 Å². The number of ether oxygens (including phenoxy) is 2. The summed E-state index contributed by atoms with van der Waals surface area (Å²) in [5.41, 5.74) is 1.94. The van der Waals surface area contributed by atoms with Gasteiger partial charge in [-0.15, -0.1) is 0 Å². The fourth-order valence-corrected chi connectivity index (χ4v) is 2.77. The number of hydrogen-bond acceptors (Lipinski definition) is 3. The molecule has 0 aliphatic heterocycles. The predicted molar refractivity (Wildman–Crippen MR) is 99.8 cm³/mol. The molecule has 4 nitrogen and oxygen atoms in total. The molecule has 1 N–H and O–H groups in total. The van der Waals surface area contributed by atoms with Crippen LogP contribution in [0.15, 0.2) is 46.9 Å². The van der Waals surface area contributed by atoms with Crippen LogP contribution in [0.25, 0.3) is 0 Å². The highest BCUT2D eigenvalue weighted by molar-refractivity contribution is 9.10. The second kappa shape index (κ2) is 9.33. The fourth-order valence-electron chi connectivity index (χ4n) is 2.16. The zero-order chi connectivity index (χ0) is 17.4. The van der Waals surface area contributed by atoms with E-state index >= 15 is 0 Å². The van der Waals surface area contributed by atoms with Crippen LogP contribution in [0.5, 0.6) is 11.5 Å². The molecule has 0 fully saturated rings. The Morgan fingerprint density at radius 3 is 2.54 bits per heavy atom. The molecule has 24 heavy (non-hydrogen) atoms. The van der Waals surface area contributed by atoms with Crippen LogP contribution in [-0.2, 0) is 4.79 Å². The van der Waals surface area contributed by atoms with Crippen LogP contribution in [0.2, 0.25) is 0 Å². The molecule has 0 spiro atoms. The van der Waals surface area contributed by atoms with E-state index < -0.39 is 0 Å². The first-order chi connectivity index (χ1) is 11.6. The molecule has 0 unspecified atom stereocenters. The minimum Gasteiger partial charge on any atom is -0.494 e. The van der Waals surface area contributed by atoms with E-state index in [9.17, 15) is 4.79 Å². The van der Waals surface area contributed by atoms with Crippen molar-refractivity contribution in [1.29, 1.82) is 0 Å². The summed E-state index contributed by atoms with van der Waals surface area (Å²) in [5, 5.41) is 2.87. The summed E-state index contributed by atoms with van der Waals surface area (Å²) in [6.45, 7) is 5.09. The number of carbonyl (C=O) groups is 1. The van der Waals surface area contributed by atoms with Crippen LogP contribution in [0.4, 0.5) is 5.69 Å². The number of halogens is 1. The summed E-state index contributed by atoms with van der Waals surface area (Å²) >= 11 is 3.47. The van der Waals surface area contributed by atoms with Gasteiger partial charge in [0.15, 0.2) is 0 Å². The van der Waals surface area contributed by atoms with Crippen molar-refractivity contribution in [1.82, 2.24) is 0 Å². The SMILES string of the molecule is CCOc1ccc(NC(=O)CCCOc2ccc(C)cc2Br)cc1. The van der Waals surface area contributed by atoms with E-state index in [1.807, 2.05) is 56.3 Å². The summed E-state index contributed by atoms with van der Waals surface area (Å²) in [4.78, 5) is 11.9. The Hall–Kier alpha value is -2.01. The van der Waals surface area contributed by atoms with E-state index in [0.717, 1.165) is 21.7 Å². The van der Waals surface area contributed by atoms with Crippen LogP contribution < -0.4 is 14.8 Å². The number of nitrogens with one attached hydrogen (secondary N) is 1. The third-order valence-electron chi connectivity index (χ3n) is 3.34. The van der Waals surface area contributed by atoms with Crippen molar-refractivity contribution in [3.05, 3.63) is 52.5 Å². The average molecular weight is 392 g/mol. The van der Waals surface area contributed by atoms with Gasteiger partial charge in [0.2, 0.25) is 5.91 Å². The van der Waals surface area contributed by atoms with Crippen molar-refractivity contribution < 1.29 is 14.3 Å². The lowest BCUT2D eigenvalue weighted by atomic mass is 10.2. The Labute approximate surface area is 151 Å². The van der Waals surface area contributed by atoms with Crippen molar-refractivity contribution in [2.24, 2.45) is 0 Å². The smallest absolute Gasteiger partial charge is 0.224 e. The largest absolute Gasteiger partial charge is 0.494 e. The molecule has 0 atom stereocenters. The highest BCUT2D eigenvalue weighted by Crippen LogP contribution is 2.25. The fraction of sp³-hybridized carbons (Fsp3) is 0.316. The number of aryl methyl sites for hydroxylation is 1. The lowest BCUT2D eigenvalue weighted by Gasteiger charge is -2.09. The molecule has 2 rings (SSSR count). The molecule has 1 amide bonds. The standard InChI is InChI=1S/C19H22BrNO3/c1-3-23-16-9-7-15(8-10-16)21-19(22)5-4-12-24-18-11-6-14(2)13-17(18)20/h6-11,13H,3-5,12H2,1-2H3,(H,21,22). The Morgan fingerprint density at radius 1 is 1.12 bits per heavy atom. The number of amides is 1. The Balaban J connectivity index is 1.71. The molecule has 0 saturated heterocycles. The van der Waals surface area contributed by atoms with Gasteiger partial charge in [-0.1, -0.05) is 6.07 Å². The van der Waals surface area contributed by atoms with Crippen LogP contribution in [-0.4, -0.2) is 19.1 Å². The number of hydrogen-bond donors (Lipinski definition) is 1. The molecule has 0 bridgehead atoms. The lowest BCUT2D eigenvalue weighted by Crippen LogP contribution is -2.12. The van der Waals surface area contributed by atoms with Gasteiger partial charge in [0.05, 0.1) is 17.7 Å². The topological polar surface area (TPSA) is 47.6 Å². The predicted octanol–water partition coefficient (Wildman–Crippen LogP) is 4.95. The highest BCUT2D eigenvalue weighted by atomic mass is 79.9. The number of carbonyl (C=O) groups excluding carboxylic acids is 1. The Bertz CT molecular complexity index is 671. The summed E-state index contributed by atoms with van der Waals surface area (Å²) in [5.74, 6) is 1.57. The molecule has 0 heterocycles. The molecule has 2 aromatic rings. The second-order valence-corrected chi connectivity index (χ2v) is 6.25. The molecule has 2 aromatic carbocycles. The molecule has 5 heteroatoms. The third kappa shape index (κ3) is 5.89. The van der Waals surface area contributed by atoms with Crippen molar-refractivity contribution in [2.45, 2.75) is 26.7 Å². The third-order valence-corrected chi connectivity index (χ3v) is 3.96. The van der Waals surface area contributed by atoms with E-state index in [1.165, 1.54) is 5.56 Å². The summed E-state index contributed by atoms with van der Waals surface area (Å²) in [6, 6.07) is 13.3. The molecular weight excluding hydrogens is 370 g/mol. The molecule has 0 saturated carbocycles. The van der Waals surface area contributed by atoms with Gasteiger partial charge in [0.25, 0.3) is 0 Å². The minimum atomic E-state index is -0.0225. The Kier molecular flexibility index (Phi) is 7.12. The van der Waals surface area contributed by atoms with Crippen molar-refractivity contribution in [3.8, 4) is 11.5 Å². The number of benzene rings is 2. The maximum absolute atomic E-state index is 11.9. The normalized spacial score (nSPS) is 10.3. The maximum atomic E-state index is 11.9. The highest BCUT2D eigenvalue weighted by Gasteiger charge is 2.05. The van der Waals surface area contributed by atoms with Gasteiger partial charge in [0, 0.05) is 12.1 Å². The molecule has 0 aliphatic rings. The quantitative estimate of drug-likeness (QED) is 0.647. The summed E-state index contributed by atoms with van der Waals surface area (Å²) < 4.78 is 12.0. The van der Waals surface area contributed by atoms with E-state index in [4.69, 9.17) is 9.47 Å². The maximum Gasteiger partial charge on any atom is 0.224 e. The Morgan fingerprint density at radius 2 is 1.88 bits per heavy atom. The minimum absolute atomic E-state index is 0.0225. The zero-order valence-electron chi connectivity index (χ0n) is 14.0. The molecule has 0 aromatic heterocycles. The number of anilines is 1. The van der Waals surface area contributed by atoms with E-state index in [-0.39, 0.29) is 5.91 Å². The van der Waals surface area contributed by atoms with Crippen LogP contribution >= 0.6 is 15.9 Å². The average Bonchev–Trinajstić information content (AvgIpc) is 2.55. The van der Waals surface area contributed by atoms with Gasteiger partial charge in [-0.05, 0) is 78.2 Å². The monoisotopic (exact) mass is 391 g/mol. The molecule has 0 radical (unpaired) electrons. The van der Waals surface area contributed by atoms with Gasteiger partial charge in [-0.2, -0.15) is 0 Å². The first kappa shape index (κ1) is 18.3. The second-order valence-electron chi connectivity index (χ2n) is 5.39. The van der Waals surface area contributed by atoms with Gasteiger partial charge < -0.3 is 14.8 Å². The first-order valence-electron chi connectivity index (χ1n) is 8.00. The van der Waals surface area contributed by atoms with Gasteiger partial charge in [-0.25, -0.2) is 0 Å². The zero-order valence-corrected chi connectivity index (χ0v) is 15.6. The van der Waals surface area contributed by atoms with Crippen LogP contribution in [0.1, 0.15) is 25.3 Å². The van der Waals surface area contributed by atoms with Gasteiger partial charge in [0.1, 0.15) is 11.5 Å². The van der Waals surface area contributed by atoms with Crippen LogP contribution in [0, 0.1) is 6.92 Å². The van der Waals surface area contributed by atoms with Gasteiger partial charge in [-0.3, -0.25) is 4.79 Å². The van der Waals surface area contributed by atoms with Crippen LogP contribution in [0.3, 0.4) is 0 Å². The van der Waals surface area contributed by atoms with Crippen molar-refractivity contribution in [2.75, 3.05) is 18.5 Å². The van der Waals surface area contributed by atoms with Crippen molar-refractivity contribution in [3.63, 3.8) is 0 Å². The first-order valence-corrected chi connectivity index (χ1v) is 8.79. The molecular formula is C19H22BrNO3.